The van der Waals surface area contributed by atoms with Crippen LogP contribution in [-0.2, 0) is 11.3 Å². The normalized spacial score (nSPS) is 10.6. The second-order valence-corrected chi connectivity index (χ2v) is 8.05. The fraction of sp³-hybridized carbons (Fsp3) is 0.176. The summed E-state index contributed by atoms with van der Waals surface area (Å²) in [5.41, 5.74) is 0.574. The van der Waals surface area contributed by atoms with E-state index in [-0.39, 0.29) is 22.6 Å². The van der Waals surface area contributed by atoms with Crippen molar-refractivity contribution in [3.05, 3.63) is 57.9 Å². The van der Waals surface area contributed by atoms with Gasteiger partial charge in [-0.1, -0.05) is 40.8 Å². The molecular weight excluding hydrogens is 408 g/mol. The molecule has 0 saturated carbocycles. The second kappa shape index (κ2) is 9.03. The zero-order valence-corrected chi connectivity index (χ0v) is 16.6. The molecule has 1 aromatic carbocycles. The lowest BCUT2D eigenvalue weighted by atomic mass is 10.3. The maximum Gasteiger partial charge on any atom is 0.286 e. The molecule has 0 radical (unpaired) electrons. The first-order chi connectivity index (χ1) is 13.0. The number of aromatic nitrogens is 2. The van der Waals surface area contributed by atoms with Gasteiger partial charge in [0.1, 0.15) is 11.5 Å². The molecule has 27 heavy (non-hydrogen) atoms. The van der Waals surface area contributed by atoms with Crippen molar-refractivity contribution >= 4 is 52.2 Å². The van der Waals surface area contributed by atoms with Gasteiger partial charge in [0.25, 0.3) is 5.91 Å². The number of furan rings is 1. The van der Waals surface area contributed by atoms with Gasteiger partial charge >= 0.3 is 0 Å². The van der Waals surface area contributed by atoms with Crippen molar-refractivity contribution in [2.24, 2.45) is 0 Å². The highest BCUT2D eigenvalue weighted by Crippen LogP contribution is 2.23. The molecule has 0 atom stereocenters. The van der Waals surface area contributed by atoms with E-state index in [1.54, 1.807) is 24.3 Å². The molecule has 2 N–H and O–H groups in total. The summed E-state index contributed by atoms with van der Waals surface area (Å²) in [5.74, 6) is 1.13. The lowest BCUT2D eigenvalue weighted by molar-refractivity contribution is -0.118. The summed E-state index contributed by atoms with van der Waals surface area (Å²) >= 11 is 8.23. The maximum atomic E-state index is 12.2. The minimum atomic E-state index is -0.376. The molecule has 0 saturated heterocycles. The van der Waals surface area contributed by atoms with E-state index in [1.165, 1.54) is 11.8 Å². The summed E-state index contributed by atoms with van der Waals surface area (Å²) in [4.78, 5) is 24.1. The van der Waals surface area contributed by atoms with E-state index in [1.807, 2.05) is 19.1 Å². The average Bonchev–Trinajstić information content (AvgIpc) is 3.27. The molecule has 2 amide bonds. The number of nitrogens with zero attached hydrogens (tertiary/aromatic N) is 2. The lowest BCUT2D eigenvalue weighted by Gasteiger charge is -2.02. The van der Waals surface area contributed by atoms with Crippen LogP contribution in [-0.4, -0.2) is 27.8 Å². The van der Waals surface area contributed by atoms with Crippen LogP contribution < -0.4 is 10.6 Å². The van der Waals surface area contributed by atoms with Gasteiger partial charge in [-0.25, -0.2) is 0 Å². The zero-order chi connectivity index (χ0) is 19.2. The number of thioether (sulfide) groups is 1. The molecule has 0 spiro atoms. The fourth-order valence-corrected chi connectivity index (χ4v) is 3.82. The van der Waals surface area contributed by atoms with Gasteiger partial charge in [-0.15, -0.1) is 10.2 Å². The van der Waals surface area contributed by atoms with Gasteiger partial charge in [-0.3, -0.25) is 9.59 Å². The molecule has 140 valence electrons. The Balaban J connectivity index is 1.47. The van der Waals surface area contributed by atoms with Gasteiger partial charge in [-0.05, 0) is 37.3 Å². The predicted octanol–water partition coefficient (Wildman–Crippen LogP) is 3.75. The summed E-state index contributed by atoms with van der Waals surface area (Å²) in [7, 11) is 0. The standard InChI is InChI=1S/C17H15ClN4O3S2/c1-10-5-6-13(25-10)8-19-14(23)9-26-17-22-21-16(27-17)15(24)20-12-4-2-3-11(18)7-12/h2-7H,8-9H2,1H3,(H,19,23)(H,20,24). The molecule has 0 aliphatic carbocycles. The Morgan fingerprint density at radius 1 is 1.26 bits per heavy atom. The quantitative estimate of drug-likeness (QED) is 0.563. The summed E-state index contributed by atoms with van der Waals surface area (Å²) in [5, 5.41) is 14.0. The van der Waals surface area contributed by atoms with Crippen molar-refractivity contribution in [2.45, 2.75) is 17.8 Å². The van der Waals surface area contributed by atoms with E-state index in [0.29, 0.717) is 27.4 Å². The van der Waals surface area contributed by atoms with Crippen LogP contribution in [0.5, 0.6) is 0 Å². The van der Waals surface area contributed by atoms with Crippen LogP contribution in [0.4, 0.5) is 5.69 Å². The van der Waals surface area contributed by atoms with Crippen LogP contribution >= 0.6 is 34.7 Å². The first-order valence-corrected chi connectivity index (χ1v) is 10.0. The molecule has 0 aliphatic heterocycles. The largest absolute Gasteiger partial charge is 0.465 e. The van der Waals surface area contributed by atoms with Crippen molar-refractivity contribution in [3.8, 4) is 0 Å². The number of amides is 2. The number of halogens is 1. The highest BCUT2D eigenvalue weighted by molar-refractivity contribution is 8.01. The predicted molar refractivity (Wildman–Crippen MR) is 105 cm³/mol. The Labute approximate surface area is 168 Å². The molecule has 3 rings (SSSR count). The van der Waals surface area contributed by atoms with Gasteiger partial charge < -0.3 is 15.1 Å². The first kappa shape index (κ1) is 19.4. The average molecular weight is 423 g/mol. The Morgan fingerprint density at radius 2 is 2.11 bits per heavy atom. The number of rotatable bonds is 7. The van der Waals surface area contributed by atoms with Gasteiger partial charge in [0.15, 0.2) is 4.34 Å². The monoisotopic (exact) mass is 422 g/mol. The van der Waals surface area contributed by atoms with E-state index in [4.69, 9.17) is 16.0 Å². The molecular formula is C17H15ClN4O3S2. The Kier molecular flexibility index (Phi) is 6.49. The number of nitrogens with one attached hydrogen (secondary N) is 2. The smallest absolute Gasteiger partial charge is 0.286 e. The van der Waals surface area contributed by atoms with Crippen molar-refractivity contribution in [2.75, 3.05) is 11.1 Å². The third-order valence-electron chi connectivity index (χ3n) is 3.27. The molecule has 2 heterocycles. The Morgan fingerprint density at radius 3 is 2.85 bits per heavy atom. The Hall–Kier alpha value is -2.36. The lowest BCUT2D eigenvalue weighted by Crippen LogP contribution is -2.24. The van der Waals surface area contributed by atoms with Crippen LogP contribution in [0.2, 0.25) is 5.02 Å². The summed E-state index contributed by atoms with van der Waals surface area (Å²) in [6, 6.07) is 10.5. The van der Waals surface area contributed by atoms with Crippen LogP contribution in [0.15, 0.2) is 45.2 Å². The molecule has 3 aromatic rings. The SMILES string of the molecule is Cc1ccc(CNC(=O)CSc2nnc(C(=O)Nc3cccc(Cl)c3)s2)o1. The van der Waals surface area contributed by atoms with E-state index in [2.05, 4.69) is 20.8 Å². The van der Waals surface area contributed by atoms with Crippen molar-refractivity contribution in [3.63, 3.8) is 0 Å². The summed E-state index contributed by atoms with van der Waals surface area (Å²) in [6.45, 7) is 2.17. The third-order valence-corrected chi connectivity index (χ3v) is 5.56. The number of hydrogen-bond acceptors (Lipinski definition) is 7. The van der Waals surface area contributed by atoms with Crippen LogP contribution in [0.1, 0.15) is 21.3 Å². The molecule has 0 bridgehead atoms. The maximum absolute atomic E-state index is 12.2. The molecule has 0 fully saturated rings. The highest BCUT2D eigenvalue weighted by Gasteiger charge is 2.14. The van der Waals surface area contributed by atoms with Crippen LogP contribution in [0.25, 0.3) is 0 Å². The van der Waals surface area contributed by atoms with Crippen LogP contribution in [0, 0.1) is 6.92 Å². The van der Waals surface area contributed by atoms with Gasteiger partial charge in [0, 0.05) is 10.7 Å². The van der Waals surface area contributed by atoms with Crippen molar-refractivity contribution in [1.29, 1.82) is 0 Å². The molecule has 0 aliphatic rings. The zero-order valence-electron chi connectivity index (χ0n) is 14.2. The molecule has 2 aromatic heterocycles. The van der Waals surface area contributed by atoms with E-state index in [0.717, 1.165) is 17.1 Å². The van der Waals surface area contributed by atoms with Gasteiger partial charge in [-0.2, -0.15) is 0 Å². The number of carbonyl (C=O) groups excluding carboxylic acids is 2. The topological polar surface area (TPSA) is 97.1 Å². The van der Waals surface area contributed by atoms with E-state index >= 15 is 0 Å². The molecule has 7 nitrogen and oxygen atoms in total. The minimum Gasteiger partial charge on any atom is -0.465 e. The summed E-state index contributed by atoms with van der Waals surface area (Å²) < 4.78 is 5.93. The fourth-order valence-electron chi connectivity index (χ4n) is 2.05. The number of hydrogen-bond donors (Lipinski definition) is 2. The number of benzene rings is 1. The van der Waals surface area contributed by atoms with Crippen molar-refractivity contribution < 1.29 is 14.0 Å². The Bertz CT molecular complexity index is 957. The van der Waals surface area contributed by atoms with Crippen LogP contribution in [0.3, 0.4) is 0 Å². The number of anilines is 1. The summed E-state index contributed by atoms with van der Waals surface area (Å²) in [6.07, 6.45) is 0. The second-order valence-electron chi connectivity index (χ2n) is 5.42. The molecule has 0 unspecified atom stereocenters. The van der Waals surface area contributed by atoms with Crippen molar-refractivity contribution in [1.82, 2.24) is 15.5 Å². The van der Waals surface area contributed by atoms with E-state index in [9.17, 15) is 9.59 Å². The van der Waals surface area contributed by atoms with Gasteiger partial charge in [0.05, 0.1) is 12.3 Å². The highest BCUT2D eigenvalue weighted by atomic mass is 35.5. The van der Waals surface area contributed by atoms with Gasteiger partial charge in [0.2, 0.25) is 10.9 Å². The number of aryl methyl sites for hydroxylation is 1. The van der Waals surface area contributed by atoms with E-state index < -0.39 is 0 Å². The molecule has 10 heteroatoms. The number of carbonyl (C=O) groups is 2. The third kappa shape index (κ3) is 5.81. The minimum absolute atomic E-state index is 0.158. The first-order valence-electron chi connectivity index (χ1n) is 7.85.